The third-order valence-corrected chi connectivity index (χ3v) is 3.43. The topological polar surface area (TPSA) is 97.3 Å². The summed E-state index contributed by atoms with van der Waals surface area (Å²) in [7, 11) is -3.00. The van der Waals surface area contributed by atoms with Gasteiger partial charge in [-0.15, -0.1) is 0 Å². The van der Waals surface area contributed by atoms with Gasteiger partial charge in [-0.2, -0.15) is 0 Å². The number of rotatable bonds is 11. The maximum Gasteiger partial charge on any atom is 0.407 e. The van der Waals surface area contributed by atoms with Gasteiger partial charge in [0.15, 0.2) is 0 Å². The predicted molar refractivity (Wildman–Crippen MR) is 72.1 cm³/mol. The zero-order valence-electron chi connectivity index (χ0n) is 11.7. The SMILES string of the molecule is CCOCCOCCOC(=O)NCCC[Si](C)(O)O. The Morgan fingerprint density at radius 3 is 2.42 bits per heavy atom. The smallest absolute Gasteiger partial charge is 0.407 e. The minimum atomic E-state index is -3.00. The number of ether oxygens (including phenoxy) is 3. The third-order valence-electron chi connectivity index (χ3n) is 2.13. The predicted octanol–water partition coefficient (Wildman–Crippen LogP) is 0.212. The van der Waals surface area contributed by atoms with Gasteiger partial charge in [0.25, 0.3) is 0 Å². The van der Waals surface area contributed by atoms with E-state index in [1.54, 1.807) is 0 Å². The van der Waals surface area contributed by atoms with Crippen molar-refractivity contribution in [3.8, 4) is 0 Å². The lowest BCUT2D eigenvalue weighted by Gasteiger charge is -2.11. The van der Waals surface area contributed by atoms with Gasteiger partial charge in [-0.25, -0.2) is 4.79 Å². The van der Waals surface area contributed by atoms with E-state index >= 15 is 0 Å². The summed E-state index contributed by atoms with van der Waals surface area (Å²) in [6.07, 6.45) is 0.00280. The average molecular weight is 295 g/mol. The largest absolute Gasteiger partial charge is 0.447 e. The van der Waals surface area contributed by atoms with Gasteiger partial charge in [-0.1, -0.05) is 0 Å². The van der Waals surface area contributed by atoms with Gasteiger partial charge < -0.3 is 29.1 Å². The second-order valence-corrected chi connectivity index (χ2v) is 7.13. The first-order chi connectivity index (χ1) is 8.95. The summed E-state index contributed by atoms with van der Waals surface area (Å²) in [5.74, 6) is 0. The van der Waals surface area contributed by atoms with Crippen molar-refractivity contribution in [2.24, 2.45) is 0 Å². The molecule has 3 N–H and O–H groups in total. The molecule has 19 heavy (non-hydrogen) atoms. The van der Waals surface area contributed by atoms with E-state index in [4.69, 9.17) is 23.8 Å². The molecular formula is C11H25NO6Si. The highest BCUT2D eigenvalue weighted by Crippen LogP contribution is 2.02. The Balaban J connectivity index is 3.26. The van der Waals surface area contributed by atoms with Gasteiger partial charge in [-0.3, -0.25) is 0 Å². The molecule has 0 bridgehead atoms. The molecule has 0 atom stereocenters. The van der Waals surface area contributed by atoms with E-state index in [1.807, 2.05) is 6.92 Å². The Kier molecular flexibility index (Phi) is 10.8. The van der Waals surface area contributed by atoms with Gasteiger partial charge in [0.05, 0.1) is 19.8 Å². The van der Waals surface area contributed by atoms with Crippen LogP contribution in [-0.4, -0.2) is 63.8 Å². The van der Waals surface area contributed by atoms with Crippen molar-refractivity contribution < 1.29 is 28.6 Å². The Labute approximate surface area is 115 Å². The fourth-order valence-electron chi connectivity index (χ4n) is 1.22. The van der Waals surface area contributed by atoms with E-state index in [9.17, 15) is 4.79 Å². The van der Waals surface area contributed by atoms with Gasteiger partial charge >= 0.3 is 14.7 Å². The minimum absolute atomic E-state index is 0.185. The number of hydrogen-bond donors (Lipinski definition) is 3. The lowest BCUT2D eigenvalue weighted by molar-refractivity contribution is 0.0314. The number of carbonyl (C=O) groups is 1. The number of alkyl carbamates (subject to hydrolysis) is 1. The first kappa shape index (κ1) is 18.3. The summed E-state index contributed by atoms with van der Waals surface area (Å²) in [5.41, 5.74) is 0. The highest BCUT2D eigenvalue weighted by atomic mass is 28.4. The van der Waals surface area contributed by atoms with Crippen molar-refractivity contribution in [2.45, 2.75) is 25.9 Å². The van der Waals surface area contributed by atoms with Crippen LogP contribution >= 0.6 is 0 Å². The summed E-state index contributed by atoms with van der Waals surface area (Å²) in [5, 5.41) is 2.53. The molecule has 7 nitrogen and oxygen atoms in total. The van der Waals surface area contributed by atoms with Crippen LogP contribution in [-0.2, 0) is 14.2 Å². The molecule has 0 fully saturated rings. The zero-order valence-corrected chi connectivity index (χ0v) is 12.7. The lowest BCUT2D eigenvalue weighted by Crippen LogP contribution is -2.32. The van der Waals surface area contributed by atoms with Gasteiger partial charge in [0.2, 0.25) is 0 Å². The molecule has 0 aliphatic rings. The molecule has 0 aromatic rings. The molecule has 0 spiro atoms. The van der Waals surface area contributed by atoms with Gasteiger partial charge in [-0.05, 0) is 25.9 Å². The lowest BCUT2D eigenvalue weighted by atomic mass is 10.5. The first-order valence-electron chi connectivity index (χ1n) is 6.46. The molecule has 0 saturated carbocycles. The first-order valence-corrected chi connectivity index (χ1v) is 9.06. The number of hydrogen-bond acceptors (Lipinski definition) is 6. The Morgan fingerprint density at radius 1 is 1.16 bits per heavy atom. The Hall–Kier alpha value is -0.673. The highest BCUT2D eigenvalue weighted by molar-refractivity contribution is 6.63. The molecule has 0 aliphatic carbocycles. The van der Waals surface area contributed by atoms with E-state index in [0.717, 1.165) is 0 Å². The van der Waals surface area contributed by atoms with Crippen LogP contribution < -0.4 is 5.32 Å². The molecule has 0 unspecified atom stereocenters. The Bertz CT molecular complexity index is 234. The number of nitrogens with one attached hydrogen (secondary N) is 1. The molecule has 0 aromatic heterocycles. The minimum Gasteiger partial charge on any atom is -0.447 e. The van der Waals surface area contributed by atoms with E-state index < -0.39 is 14.7 Å². The zero-order chi connectivity index (χ0) is 14.6. The van der Waals surface area contributed by atoms with Crippen LogP contribution in [0, 0.1) is 0 Å². The van der Waals surface area contributed by atoms with Crippen LogP contribution in [0.15, 0.2) is 0 Å². The third kappa shape index (κ3) is 15.3. The molecule has 8 heteroatoms. The molecule has 0 aromatic carbocycles. The molecule has 114 valence electrons. The summed E-state index contributed by atoms with van der Waals surface area (Å²) in [6, 6.07) is 0.327. The highest BCUT2D eigenvalue weighted by Gasteiger charge is 2.20. The molecular weight excluding hydrogens is 270 g/mol. The molecule has 1 amide bonds. The summed E-state index contributed by atoms with van der Waals surface area (Å²) in [4.78, 5) is 29.5. The quantitative estimate of drug-likeness (QED) is 0.372. The maximum atomic E-state index is 11.2. The molecule has 0 radical (unpaired) electrons. The normalized spacial score (nSPS) is 11.4. The van der Waals surface area contributed by atoms with Crippen molar-refractivity contribution in [1.82, 2.24) is 5.32 Å². The molecule has 0 aliphatic heterocycles. The van der Waals surface area contributed by atoms with Crippen molar-refractivity contribution in [1.29, 1.82) is 0 Å². The average Bonchev–Trinajstić information content (AvgIpc) is 2.32. The van der Waals surface area contributed by atoms with Crippen LogP contribution in [0.3, 0.4) is 0 Å². The van der Waals surface area contributed by atoms with Crippen LogP contribution in [0.5, 0.6) is 0 Å². The number of amides is 1. The number of carbonyl (C=O) groups excluding carboxylic acids is 1. The van der Waals surface area contributed by atoms with E-state index in [2.05, 4.69) is 5.32 Å². The summed E-state index contributed by atoms with van der Waals surface area (Å²) in [6.45, 7) is 5.91. The Morgan fingerprint density at radius 2 is 1.79 bits per heavy atom. The van der Waals surface area contributed by atoms with Gasteiger partial charge in [0.1, 0.15) is 6.61 Å². The second kappa shape index (κ2) is 11.2. The van der Waals surface area contributed by atoms with Crippen LogP contribution in [0.25, 0.3) is 0 Å². The maximum absolute atomic E-state index is 11.2. The standard InChI is InChI=1S/C11H25NO6Si/c1-3-16-6-7-17-8-9-18-11(13)12-5-4-10-19(2,14)15/h14-15H,3-10H2,1-2H3,(H,12,13). The van der Waals surface area contributed by atoms with Crippen molar-refractivity contribution in [3.63, 3.8) is 0 Å². The monoisotopic (exact) mass is 295 g/mol. The summed E-state index contributed by atoms with van der Waals surface area (Å²) < 4.78 is 15.1. The molecule has 0 saturated heterocycles. The molecule has 0 heterocycles. The van der Waals surface area contributed by atoms with Crippen LogP contribution in [0.4, 0.5) is 4.79 Å². The fourth-order valence-corrected chi connectivity index (χ4v) is 2.07. The van der Waals surface area contributed by atoms with Crippen molar-refractivity contribution in [2.75, 3.05) is 39.6 Å². The fraction of sp³-hybridized carbons (Fsp3) is 0.909. The molecule has 0 rings (SSSR count). The van der Waals surface area contributed by atoms with E-state index in [1.165, 1.54) is 6.55 Å². The van der Waals surface area contributed by atoms with E-state index in [0.29, 0.717) is 45.4 Å². The summed E-state index contributed by atoms with van der Waals surface area (Å²) >= 11 is 0. The van der Waals surface area contributed by atoms with Crippen molar-refractivity contribution in [3.05, 3.63) is 0 Å². The van der Waals surface area contributed by atoms with E-state index in [-0.39, 0.29) is 6.61 Å². The van der Waals surface area contributed by atoms with Crippen molar-refractivity contribution >= 4 is 14.7 Å². The van der Waals surface area contributed by atoms with Crippen LogP contribution in [0.1, 0.15) is 13.3 Å². The second-order valence-electron chi connectivity index (χ2n) is 4.19. The van der Waals surface area contributed by atoms with Gasteiger partial charge in [0, 0.05) is 13.2 Å². The van der Waals surface area contributed by atoms with Crippen LogP contribution in [0.2, 0.25) is 12.6 Å².